The fourth-order valence-electron chi connectivity index (χ4n) is 3.76. The Bertz CT molecular complexity index is 793. The second-order valence-corrected chi connectivity index (χ2v) is 7.92. The number of amides is 1. The van der Waals surface area contributed by atoms with Gasteiger partial charge in [-0.3, -0.25) is 9.48 Å². The lowest BCUT2D eigenvalue weighted by molar-refractivity contribution is -0.126. The summed E-state index contributed by atoms with van der Waals surface area (Å²) in [4.78, 5) is 19.3. The van der Waals surface area contributed by atoms with Crippen LogP contribution >= 0.6 is 11.6 Å². The second-order valence-electron chi connectivity index (χ2n) is 7.48. The monoisotopic (exact) mass is 389 g/mol. The van der Waals surface area contributed by atoms with Crippen LogP contribution in [0.3, 0.4) is 0 Å². The Balaban J connectivity index is 1.51. The second kappa shape index (κ2) is 8.30. The first-order chi connectivity index (χ1) is 12.8. The molecule has 6 nitrogen and oxygen atoms in total. The van der Waals surface area contributed by atoms with Crippen LogP contribution < -0.4 is 10.2 Å². The summed E-state index contributed by atoms with van der Waals surface area (Å²) in [5.74, 6) is 1.15. The highest BCUT2D eigenvalue weighted by Gasteiger charge is 2.26. The molecule has 1 aliphatic rings. The van der Waals surface area contributed by atoms with Gasteiger partial charge in [0.25, 0.3) is 0 Å². The molecule has 1 atom stereocenters. The number of hydrogen-bond acceptors (Lipinski definition) is 4. The number of halogens is 1. The van der Waals surface area contributed by atoms with E-state index in [9.17, 15) is 4.79 Å². The summed E-state index contributed by atoms with van der Waals surface area (Å²) in [5.41, 5.74) is 3.44. The third-order valence-corrected chi connectivity index (χ3v) is 5.68. The van der Waals surface area contributed by atoms with Crippen molar-refractivity contribution >= 4 is 23.3 Å². The standard InChI is InChI=1S/C20H28ClN5O/c1-13(11-18-14(2)24-25(4)15(18)3)23-20(27)16-7-9-26(10-8-16)19-6-5-17(21)12-22-19/h5-6,12-13,16H,7-11H2,1-4H3,(H,23,27)/t13-/m0/s1. The van der Waals surface area contributed by atoms with Gasteiger partial charge < -0.3 is 10.2 Å². The molecule has 0 spiro atoms. The van der Waals surface area contributed by atoms with E-state index in [1.807, 2.05) is 30.8 Å². The Kier molecular flexibility index (Phi) is 6.05. The fraction of sp³-hybridized carbons (Fsp3) is 0.550. The van der Waals surface area contributed by atoms with E-state index in [1.165, 1.54) is 5.56 Å². The van der Waals surface area contributed by atoms with E-state index in [-0.39, 0.29) is 17.9 Å². The Morgan fingerprint density at radius 1 is 1.33 bits per heavy atom. The number of pyridine rings is 1. The van der Waals surface area contributed by atoms with E-state index in [1.54, 1.807) is 6.20 Å². The molecule has 2 aromatic heterocycles. The first-order valence-corrected chi connectivity index (χ1v) is 9.89. The Labute approximate surface area is 165 Å². The van der Waals surface area contributed by atoms with Crippen LogP contribution in [0.15, 0.2) is 18.3 Å². The Morgan fingerprint density at radius 2 is 2.04 bits per heavy atom. The van der Waals surface area contributed by atoms with Gasteiger partial charge in [0.2, 0.25) is 5.91 Å². The number of aromatic nitrogens is 3. The number of rotatable bonds is 5. The average Bonchev–Trinajstić information content (AvgIpc) is 2.88. The highest BCUT2D eigenvalue weighted by Crippen LogP contribution is 2.23. The molecular formula is C20H28ClN5O. The third-order valence-electron chi connectivity index (χ3n) is 5.46. The van der Waals surface area contributed by atoms with Crippen molar-refractivity contribution in [2.24, 2.45) is 13.0 Å². The molecule has 0 aromatic carbocycles. The predicted molar refractivity (Wildman–Crippen MR) is 108 cm³/mol. The molecule has 1 aliphatic heterocycles. The molecule has 27 heavy (non-hydrogen) atoms. The highest BCUT2D eigenvalue weighted by molar-refractivity contribution is 6.30. The van der Waals surface area contributed by atoms with Gasteiger partial charge in [0.15, 0.2) is 0 Å². The van der Waals surface area contributed by atoms with Crippen molar-refractivity contribution in [2.45, 2.75) is 46.1 Å². The number of anilines is 1. The predicted octanol–water partition coefficient (Wildman–Crippen LogP) is 3.05. The molecule has 0 radical (unpaired) electrons. The summed E-state index contributed by atoms with van der Waals surface area (Å²) in [5, 5.41) is 8.30. The van der Waals surface area contributed by atoms with Gasteiger partial charge in [0.1, 0.15) is 5.82 Å². The van der Waals surface area contributed by atoms with Crippen molar-refractivity contribution in [3.8, 4) is 0 Å². The van der Waals surface area contributed by atoms with Gasteiger partial charge in [-0.1, -0.05) is 11.6 Å². The van der Waals surface area contributed by atoms with Crippen LogP contribution in [0.25, 0.3) is 0 Å². The number of hydrogen-bond donors (Lipinski definition) is 1. The lowest BCUT2D eigenvalue weighted by Gasteiger charge is -2.32. The van der Waals surface area contributed by atoms with Crippen LogP contribution in [-0.2, 0) is 18.3 Å². The maximum absolute atomic E-state index is 12.7. The highest BCUT2D eigenvalue weighted by atomic mass is 35.5. The van der Waals surface area contributed by atoms with Crippen LogP contribution in [0.5, 0.6) is 0 Å². The van der Waals surface area contributed by atoms with Crippen LogP contribution in [0.1, 0.15) is 36.7 Å². The van der Waals surface area contributed by atoms with E-state index in [0.717, 1.165) is 49.6 Å². The van der Waals surface area contributed by atoms with Gasteiger partial charge in [-0.05, 0) is 57.7 Å². The fourth-order valence-corrected chi connectivity index (χ4v) is 3.87. The maximum atomic E-state index is 12.7. The normalized spacial score (nSPS) is 16.4. The smallest absolute Gasteiger partial charge is 0.223 e. The van der Waals surface area contributed by atoms with Gasteiger partial charge in [-0.2, -0.15) is 5.10 Å². The molecule has 0 saturated carbocycles. The summed E-state index contributed by atoms with van der Waals surface area (Å²) in [6.07, 6.45) is 4.16. The molecule has 2 aromatic rings. The van der Waals surface area contributed by atoms with Crippen LogP contribution in [0.2, 0.25) is 5.02 Å². The van der Waals surface area contributed by atoms with E-state index >= 15 is 0 Å². The molecule has 0 unspecified atom stereocenters. The van der Waals surface area contributed by atoms with Gasteiger partial charge in [-0.25, -0.2) is 4.98 Å². The molecular weight excluding hydrogens is 362 g/mol. The van der Waals surface area contributed by atoms with Crippen molar-refractivity contribution in [1.82, 2.24) is 20.1 Å². The minimum atomic E-state index is 0.0621. The van der Waals surface area contributed by atoms with E-state index in [0.29, 0.717) is 5.02 Å². The zero-order chi connectivity index (χ0) is 19.6. The zero-order valence-electron chi connectivity index (χ0n) is 16.5. The third kappa shape index (κ3) is 4.61. The maximum Gasteiger partial charge on any atom is 0.223 e. The summed E-state index contributed by atoms with van der Waals surface area (Å²) < 4.78 is 1.90. The Hall–Kier alpha value is -2.08. The molecule has 3 heterocycles. The summed E-state index contributed by atoms with van der Waals surface area (Å²) in [7, 11) is 1.96. The van der Waals surface area contributed by atoms with E-state index in [4.69, 9.17) is 11.6 Å². The molecule has 3 rings (SSSR count). The van der Waals surface area contributed by atoms with Gasteiger partial charge in [0, 0.05) is 44.0 Å². The number of carbonyl (C=O) groups is 1. The van der Waals surface area contributed by atoms with Crippen molar-refractivity contribution in [2.75, 3.05) is 18.0 Å². The van der Waals surface area contributed by atoms with Crippen LogP contribution in [-0.4, -0.2) is 39.8 Å². The van der Waals surface area contributed by atoms with E-state index < -0.39 is 0 Å². The largest absolute Gasteiger partial charge is 0.357 e. The van der Waals surface area contributed by atoms with Crippen molar-refractivity contribution in [3.05, 3.63) is 40.3 Å². The molecule has 1 saturated heterocycles. The molecule has 1 N–H and O–H groups in total. The lowest BCUT2D eigenvalue weighted by Crippen LogP contribution is -2.44. The minimum absolute atomic E-state index is 0.0621. The molecule has 1 amide bonds. The van der Waals surface area contributed by atoms with Crippen LogP contribution in [0, 0.1) is 19.8 Å². The quantitative estimate of drug-likeness (QED) is 0.853. The van der Waals surface area contributed by atoms with Crippen molar-refractivity contribution in [1.29, 1.82) is 0 Å². The first kappa shape index (κ1) is 19.7. The molecule has 146 valence electrons. The number of aryl methyl sites for hydroxylation is 2. The zero-order valence-corrected chi connectivity index (χ0v) is 17.3. The summed E-state index contributed by atoms with van der Waals surface area (Å²) in [6.45, 7) is 7.84. The molecule has 7 heteroatoms. The lowest BCUT2D eigenvalue weighted by atomic mass is 9.95. The molecule has 0 aliphatic carbocycles. The minimum Gasteiger partial charge on any atom is -0.357 e. The molecule has 1 fully saturated rings. The summed E-state index contributed by atoms with van der Waals surface area (Å²) >= 11 is 5.90. The van der Waals surface area contributed by atoms with E-state index in [2.05, 4.69) is 34.1 Å². The number of piperidine rings is 1. The topological polar surface area (TPSA) is 63.1 Å². The number of nitrogens with zero attached hydrogens (tertiary/aromatic N) is 4. The average molecular weight is 390 g/mol. The summed E-state index contributed by atoms with van der Waals surface area (Å²) in [6, 6.07) is 3.88. The van der Waals surface area contributed by atoms with Crippen molar-refractivity contribution in [3.63, 3.8) is 0 Å². The van der Waals surface area contributed by atoms with Gasteiger partial charge >= 0.3 is 0 Å². The molecule has 0 bridgehead atoms. The SMILES string of the molecule is Cc1nn(C)c(C)c1C[C@H](C)NC(=O)C1CCN(c2ccc(Cl)cn2)CC1. The number of nitrogens with one attached hydrogen (secondary N) is 1. The Morgan fingerprint density at radius 3 is 2.59 bits per heavy atom. The van der Waals surface area contributed by atoms with Gasteiger partial charge in [0.05, 0.1) is 10.7 Å². The number of carbonyl (C=O) groups excluding carboxylic acids is 1. The first-order valence-electron chi connectivity index (χ1n) is 9.51. The van der Waals surface area contributed by atoms with Gasteiger partial charge in [-0.15, -0.1) is 0 Å². The van der Waals surface area contributed by atoms with Crippen molar-refractivity contribution < 1.29 is 4.79 Å². The van der Waals surface area contributed by atoms with Crippen LogP contribution in [0.4, 0.5) is 5.82 Å².